The standard InChI is InChI=1S/C17H22N4O2/c1-21(8-9-22)15-6-4-14(5-7-15)19-17(23)12-2-3-13-11-18-20-16(13)10-12/h4-7,11-12,22H,2-3,8-10H2,1H3,(H,18,20)(H,19,23). The van der Waals surface area contributed by atoms with Gasteiger partial charge >= 0.3 is 0 Å². The number of fused-ring (bicyclic) bond motifs is 1. The zero-order valence-corrected chi connectivity index (χ0v) is 13.2. The first-order valence-electron chi connectivity index (χ1n) is 7.91. The van der Waals surface area contributed by atoms with Crippen molar-refractivity contribution in [2.24, 2.45) is 5.92 Å². The zero-order valence-electron chi connectivity index (χ0n) is 13.2. The van der Waals surface area contributed by atoms with Gasteiger partial charge in [-0.1, -0.05) is 0 Å². The molecule has 6 heteroatoms. The van der Waals surface area contributed by atoms with Gasteiger partial charge in [-0.05, 0) is 42.7 Å². The van der Waals surface area contributed by atoms with Gasteiger partial charge in [-0.15, -0.1) is 0 Å². The third-order valence-corrected chi connectivity index (χ3v) is 4.40. The fourth-order valence-electron chi connectivity index (χ4n) is 2.95. The van der Waals surface area contributed by atoms with Crippen LogP contribution >= 0.6 is 0 Å². The molecule has 1 unspecified atom stereocenters. The molecular formula is C17H22N4O2. The second kappa shape index (κ2) is 6.83. The molecule has 1 aromatic heterocycles. The number of aromatic nitrogens is 2. The summed E-state index contributed by atoms with van der Waals surface area (Å²) in [5.74, 6) is 0.0430. The van der Waals surface area contributed by atoms with Gasteiger partial charge < -0.3 is 15.3 Å². The number of carbonyl (C=O) groups excluding carboxylic acids is 1. The Bertz CT molecular complexity index is 665. The van der Waals surface area contributed by atoms with Gasteiger partial charge in [0.1, 0.15) is 0 Å². The van der Waals surface area contributed by atoms with Gasteiger partial charge in [0.05, 0.1) is 12.8 Å². The minimum Gasteiger partial charge on any atom is -0.395 e. The topological polar surface area (TPSA) is 81.2 Å². The molecule has 6 nitrogen and oxygen atoms in total. The average molecular weight is 314 g/mol. The van der Waals surface area contributed by atoms with Crippen LogP contribution in [-0.2, 0) is 17.6 Å². The van der Waals surface area contributed by atoms with Crippen molar-refractivity contribution in [2.75, 3.05) is 30.4 Å². The van der Waals surface area contributed by atoms with Crippen molar-refractivity contribution >= 4 is 17.3 Å². The number of aryl methyl sites for hydroxylation is 1. The predicted octanol–water partition coefficient (Wildman–Crippen LogP) is 1.58. The summed E-state index contributed by atoms with van der Waals surface area (Å²) < 4.78 is 0. The van der Waals surface area contributed by atoms with Crippen molar-refractivity contribution in [3.8, 4) is 0 Å². The smallest absolute Gasteiger partial charge is 0.227 e. The monoisotopic (exact) mass is 314 g/mol. The Morgan fingerprint density at radius 2 is 2.22 bits per heavy atom. The van der Waals surface area contributed by atoms with Crippen LogP contribution in [0.1, 0.15) is 17.7 Å². The maximum atomic E-state index is 12.4. The van der Waals surface area contributed by atoms with E-state index in [9.17, 15) is 4.79 Å². The zero-order chi connectivity index (χ0) is 16.2. The predicted molar refractivity (Wildman–Crippen MR) is 89.5 cm³/mol. The molecule has 3 rings (SSSR count). The van der Waals surface area contributed by atoms with E-state index in [1.807, 2.05) is 42.4 Å². The molecule has 0 spiro atoms. The number of H-pyrrole nitrogens is 1. The van der Waals surface area contributed by atoms with Crippen LogP contribution in [0.5, 0.6) is 0 Å². The minimum absolute atomic E-state index is 0.0142. The molecule has 0 aliphatic heterocycles. The number of anilines is 2. The van der Waals surface area contributed by atoms with Crippen LogP contribution in [0, 0.1) is 5.92 Å². The molecule has 2 aromatic rings. The Morgan fingerprint density at radius 1 is 1.43 bits per heavy atom. The molecule has 1 aliphatic carbocycles. The fraction of sp³-hybridized carbons (Fsp3) is 0.412. The van der Waals surface area contributed by atoms with Gasteiger partial charge in [-0.3, -0.25) is 9.89 Å². The number of nitrogens with one attached hydrogen (secondary N) is 2. The number of likely N-dealkylation sites (N-methyl/N-ethyl adjacent to an activating group) is 1. The Balaban J connectivity index is 1.60. The Kier molecular flexibility index (Phi) is 4.62. The summed E-state index contributed by atoms with van der Waals surface area (Å²) in [6.45, 7) is 0.701. The highest BCUT2D eigenvalue weighted by Gasteiger charge is 2.25. The lowest BCUT2D eigenvalue weighted by atomic mass is 9.87. The quantitative estimate of drug-likeness (QED) is 0.783. The molecule has 0 bridgehead atoms. The first kappa shape index (κ1) is 15.6. The van der Waals surface area contributed by atoms with Gasteiger partial charge in [0, 0.05) is 43.0 Å². The lowest BCUT2D eigenvalue weighted by molar-refractivity contribution is -0.120. The first-order chi connectivity index (χ1) is 11.2. The summed E-state index contributed by atoms with van der Waals surface area (Å²) in [4.78, 5) is 14.4. The molecule has 1 aliphatic rings. The summed E-state index contributed by atoms with van der Waals surface area (Å²) in [6, 6.07) is 7.68. The molecule has 1 heterocycles. The number of aliphatic hydroxyl groups is 1. The van der Waals surface area contributed by atoms with E-state index in [2.05, 4.69) is 15.5 Å². The van der Waals surface area contributed by atoms with Crippen LogP contribution in [0.3, 0.4) is 0 Å². The third kappa shape index (κ3) is 3.53. The number of hydrogen-bond donors (Lipinski definition) is 3. The van der Waals surface area contributed by atoms with E-state index >= 15 is 0 Å². The second-order valence-corrected chi connectivity index (χ2v) is 5.99. The van der Waals surface area contributed by atoms with Crippen LogP contribution in [-0.4, -0.2) is 41.4 Å². The van der Waals surface area contributed by atoms with Crippen LogP contribution in [0.15, 0.2) is 30.5 Å². The molecule has 0 radical (unpaired) electrons. The fourth-order valence-corrected chi connectivity index (χ4v) is 2.95. The van der Waals surface area contributed by atoms with Crippen molar-refractivity contribution < 1.29 is 9.90 Å². The number of aromatic amines is 1. The van der Waals surface area contributed by atoms with Crippen LogP contribution in [0.2, 0.25) is 0 Å². The largest absolute Gasteiger partial charge is 0.395 e. The highest BCUT2D eigenvalue weighted by molar-refractivity contribution is 5.93. The summed E-state index contributed by atoms with van der Waals surface area (Å²) in [5.41, 5.74) is 4.12. The molecule has 0 fully saturated rings. The minimum atomic E-state index is -0.0142. The Morgan fingerprint density at radius 3 is 2.96 bits per heavy atom. The molecule has 23 heavy (non-hydrogen) atoms. The van der Waals surface area contributed by atoms with Gasteiger partial charge in [0.2, 0.25) is 5.91 Å². The van der Waals surface area contributed by atoms with E-state index in [1.54, 1.807) is 0 Å². The SMILES string of the molecule is CN(CCO)c1ccc(NC(=O)C2CCc3cn[nH]c3C2)cc1. The molecule has 1 atom stereocenters. The number of amides is 1. The van der Waals surface area contributed by atoms with Crippen LogP contribution in [0.25, 0.3) is 0 Å². The molecule has 122 valence electrons. The highest BCUT2D eigenvalue weighted by atomic mass is 16.3. The second-order valence-electron chi connectivity index (χ2n) is 5.99. The van der Waals surface area contributed by atoms with Crippen molar-refractivity contribution in [1.29, 1.82) is 0 Å². The van der Waals surface area contributed by atoms with Crippen LogP contribution in [0.4, 0.5) is 11.4 Å². The average Bonchev–Trinajstić information content (AvgIpc) is 3.03. The highest BCUT2D eigenvalue weighted by Crippen LogP contribution is 2.25. The van der Waals surface area contributed by atoms with Crippen LogP contribution < -0.4 is 10.2 Å². The van der Waals surface area contributed by atoms with Gasteiger partial charge in [0.15, 0.2) is 0 Å². The van der Waals surface area contributed by atoms with Crippen molar-refractivity contribution in [1.82, 2.24) is 10.2 Å². The molecular weight excluding hydrogens is 292 g/mol. The number of rotatable bonds is 5. The summed E-state index contributed by atoms with van der Waals surface area (Å²) >= 11 is 0. The van der Waals surface area contributed by atoms with Crippen molar-refractivity contribution in [2.45, 2.75) is 19.3 Å². The van der Waals surface area contributed by atoms with E-state index < -0.39 is 0 Å². The number of hydrogen-bond acceptors (Lipinski definition) is 4. The molecule has 3 N–H and O–H groups in total. The van der Waals surface area contributed by atoms with E-state index in [1.165, 1.54) is 5.56 Å². The van der Waals surface area contributed by atoms with E-state index in [4.69, 9.17) is 5.11 Å². The molecule has 0 saturated heterocycles. The maximum Gasteiger partial charge on any atom is 0.227 e. The maximum absolute atomic E-state index is 12.4. The number of nitrogens with zero attached hydrogens (tertiary/aromatic N) is 2. The summed E-state index contributed by atoms with van der Waals surface area (Å²) in [6.07, 6.45) is 4.33. The molecule has 0 saturated carbocycles. The lowest BCUT2D eigenvalue weighted by Crippen LogP contribution is -2.28. The number of benzene rings is 1. The first-order valence-corrected chi connectivity index (χ1v) is 7.91. The van der Waals surface area contributed by atoms with Gasteiger partial charge in [0.25, 0.3) is 0 Å². The van der Waals surface area contributed by atoms with Crippen molar-refractivity contribution in [3.05, 3.63) is 41.7 Å². The van der Waals surface area contributed by atoms with Gasteiger partial charge in [-0.25, -0.2) is 0 Å². The Hall–Kier alpha value is -2.34. The normalized spacial score (nSPS) is 16.7. The van der Waals surface area contributed by atoms with Gasteiger partial charge in [-0.2, -0.15) is 5.10 Å². The van der Waals surface area contributed by atoms with E-state index in [0.717, 1.165) is 36.3 Å². The van der Waals surface area contributed by atoms with Crippen molar-refractivity contribution in [3.63, 3.8) is 0 Å². The molecule has 1 amide bonds. The summed E-state index contributed by atoms with van der Waals surface area (Å²) in [7, 11) is 1.92. The lowest BCUT2D eigenvalue weighted by Gasteiger charge is -2.21. The third-order valence-electron chi connectivity index (χ3n) is 4.40. The Labute approximate surface area is 135 Å². The molecule has 1 aromatic carbocycles. The number of aliphatic hydroxyl groups excluding tert-OH is 1. The summed E-state index contributed by atoms with van der Waals surface area (Å²) in [5, 5.41) is 19.0. The van der Waals surface area contributed by atoms with E-state index in [0.29, 0.717) is 6.54 Å². The van der Waals surface area contributed by atoms with E-state index in [-0.39, 0.29) is 18.4 Å². The number of carbonyl (C=O) groups is 1.